The lowest BCUT2D eigenvalue weighted by Gasteiger charge is -2.19. The van der Waals surface area contributed by atoms with Crippen molar-refractivity contribution >= 4 is 0 Å². The highest BCUT2D eigenvalue weighted by Gasteiger charge is 2.18. The highest BCUT2D eigenvalue weighted by Crippen LogP contribution is 2.26. The van der Waals surface area contributed by atoms with Crippen LogP contribution < -0.4 is 0 Å². The summed E-state index contributed by atoms with van der Waals surface area (Å²) in [6.07, 6.45) is 3.33. The Hall–Kier alpha value is -2.21. The van der Waals surface area contributed by atoms with Crippen LogP contribution in [0.4, 0.5) is 0 Å². The molecule has 2 aromatic rings. The molecule has 2 rings (SSSR count). The summed E-state index contributed by atoms with van der Waals surface area (Å²) in [4.78, 5) is 8.33. The number of benzene rings is 1. The molecule has 0 saturated heterocycles. The lowest BCUT2D eigenvalue weighted by atomic mass is 9.85. The van der Waals surface area contributed by atoms with Crippen LogP contribution in [0.1, 0.15) is 43.6 Å². The van der Waals surface area contributed by atoms with Gasteiger partial charge in [0.25, 0.3) is 0 Å². The third kappa shape index (κ3) is 2.97. The lowest BCUT2D eigenvalue weighted by molar-refractivity contribution is 0.590. The Labute approximate surface area is 114 Å². The van der Waals surface area contributed by atoms with Crippen LogP contribution in [-0.2, 0) is 5.41 Å². The molecule has 3 nitrogen and oxygen atoms in total. The van der Waals surface area contributed by atoms with E-state index in [9.17, 15) is 5.26 Å². The Morgan fingerprint density at radius 3 is 2.11 bits per heavy atom. The van der Waals surface area contributed by atoms with Gasteiger partial charge in [-0.2, -0.15) is 5.26 Å². The summed E-state index contributed by atoms with van der Waals surface area (Å²) in [6, 6.07) is 12.1. The third-order valence-corrected chi connectivity index (χ3v) is 3.08. The first-order chi connectivity index (χ1) is 9.02. The maximum Gasteiger partial charge on any atom is 0.149 e. The smallest absolute Gasteiger partial charge is 0.149 e. The third-order valence-electron chi connectivity index (χ3n) is 3.08. The number of nitriles is 1. The molecule has 0 spiro atoms. The zero-order valence-electron chi connectivity index (χ0n) is 11.5. The highest BCUT2D eigenvalue weighted by molar-refractivity contribution is 5.35. The summed E-state index contributed by atoms with van der Waals surface area (Å²) < 4.78 is 0. The maximum atomic E-state index is 9.33. The summed E-state index contributed by atoms with van der Waals surface area (Å²) >= 11 is 0. The van der Waals surface area contributed by atoms with Gasteiger partial charge in [-0.05, 0) is 22.6 Å². The van der Waals surface area contributed by atoms with E-state index in [0.717, 1.165) is 5.56 Å². The molecule has 1 aromatic heterocycles. The van der Waals surface area contributed by atoms with Crippen LogP contribution in [0.15, 0.2) is 42.7 Å². The average Bonchev–Trinajstić information content (AvgIpc) is 2.40. The van der Waals surface area contributed by atoms with Crippen molar-refractivity contribution in [2.45, 2.75) is 32.1 Å². The van der Waals surface area contributed by atoms with Crippen molar-refractivity contribution in [3.05, 3.63) is 59.7 Å². The quantitative estimate of drug-likeness (QED) is 0.821. The van der Waals surface area contributed by atoms with Crippen LogP contribution in [0.25, 0.3) is 0 Å². The Morgan fingerprint density at radius 2 is 1.63 bits per heavy atom. The molecule has 0 N–H and O–H groups in total. The summed E-state index contributed by atoms with van der Waals surface area (Å²) in [5.74, 6) is 0.142. The van der Waals surface area contributed by atoms with E-state index < -0.39 is 5.92 Å². The highest BCUT2D eigenvalue weighted by atomic mass is 14.9. The van der Waals surface area contributed by atoms with Crippen LogP contribution in [0.2, 0.25) is 0 Å². The SMILES string of the molecule is CC(C)(C)c1ccc(C(C#N)c2ncccn2)cc1. The summed E-state index contributed by atoms with van der Waals surface area (Å²) in [7, 11) is 0. The van der Waals surface area contributed by atoms with Crippen molar-refractivity contribution in [3.63, 3.8) is 0 Å². The molecule has 0 aliphatic heterocycles. The van der Waals surface area contributed by atoms with Crippen LogP contribution in [0, 0.1) is 11.3 Å². The molecule has 19 heavy (non-hydrogen) atoms. The second-order valence-corrected chi connectivity index (χ2v) is 5.54. The van der Waals surface area contributed by atoms with Gasteiger partial charge < -0.3 is 0 Å². The summed E-state index contributed by atoms with van der Waals surface area (Å²) in [6.45, 7) is 6.51. The predicted octanol–water partition coefficient (Wildman–Crippen LogP) is 3.43. The molecule has 1 aromatic carbocycles. The van der Waals surface area contributed by atoms with Gasteiger partial charge in [0.05, 0.1) is 6.07 Å². The Kier molecular flexibility index (Phi) is 3.62. The summed E-state index contributed by atoms with van der Waals surface area (Å²) in [5, 5.41) is 9.33. The van der Waals surface area contributed by atoms with Gasteiger partial charge in [0, 0.05) is 12.4 Å². The number of nitrogens with zero attached hydrogens (tertiary/aromatic N) is 3. The van der Waals surface area contributed by atoms with Crippen molar-refractivity contribution in [2.24, 2.45) is 0 Å². The van der Waals surface area contributed by atoms with Crippen LogP contribution in [0.5, 0.6) is 0 Å². The van der Waals surface area contributed by atoms with E-state index in [2.05, 4.69) is 48.9 Å². The molecule has 3 heteroatoms. The van der Waals surface area contributed by atoms with Gasteiger partial charge in [-0.1, -0.05) is 45.0 Å². The lowest BCUT2D eigenvalue weighted by Crippen LogP contribution is -2.11. The summed E-state index contributed by atoms with van der Waals surface area (Å²) in [5.41, 5.74) is 2.30. The zero-order chi connectivity index (χ0) is 13.9. The Balaban J connectivity index is 2.34. The van der Waals surface area contributed by atoms with E-state index in [1.54, 1.807) is 18.5 Å². The number of hydrogen-bond acceptors (Lipinski definition) is 3. The molecule has 1 unspecified atom stereocenters. The topological polar surface area (TPSA) is 49.6 Å². The molecule has 96 valence electrons. The molecule has 0 aliphatic carbocycles. The minimum atomic E-state index is -0.407. The van der Waals surface area contributed by atoms with Gasteiger partial charge in [-0.15, -0.1) is 0 Å². The monoisotopic (exact) mass is 251 g/mol. The van der Waals surface area contributed by atoms with Crippen LogP contribution in [0.3, 0.4) is 0 Å². The molecule has 0 saturated carbocycles. The van der Waals surface area contributed by atoms with Gasteiger partial charge >= 0.3 is 0 Å². The van der Waals surface area contributed by atoms with E-state index in [1.807, 2.05) is 12.1 Å². The average molecular weight is 251 g/mol. The number of rotatable bonds is 2. The van der Waals surface area contributed by atoms with Crippen LogP contribution in [-0.4, -0.2) is 9.97 Å². The largest absolute Gasteiger partial charge is 0.240 e. The molecule has 0 fully saturated rings. The first-order valence-electron chi connectivity index (χ1n) is 6.29. The van der Waals surface area contributed by atoms with Crippen molar-refractivity contribution in [3.8, 4) is 6.07 Å². The Bertz CT molecular complexity index is 574. The molecule has 0 bridgehead atoms. The van der Waals surface area contributed by atoms with E-state index in [0.29, 0.717) is 5.82 Å². The van der Waals surface area contributed by atoms with Gasteiger partial charge in [0.15, 0.2) is 0 Å². The van der Waals surface area contributed by atoms with Gasteiger partial charge in [0.2, 0.25) is 0 Å². The normalized spacial score (nSPS) is 12.7. The van der Waals surface area contributed by atoms with Crippen molar-refractivity contribution in [1.82, 2.24) is 9.97 Å². The Morgan fingerprint density at radius 1 is 1.05 bits per heavy atom. The van der Waals surface area contributed by atoms with Gasteiger partial charge in [-0.25, -0.2) is 9.97 Å². The fraction of sp³-hybridized carbons (Fsp3) is 0.312. The van der Waals surface area contributed by atoms with Gasteiger partial charge in [-0.3, -0.25) is 0 Å². The first-order valence-corrected chi connectivity index (χ1v) is 6.29. The molecule has 1 atom stereocenters. The molecular formula is C16H17N3. The minimum absolute atomic E-state index is 0.115. The second-order valence-electron chi connectivity index (χ2n) is 5.54. The fourth-order valence-electron chi connectivity index (χ4n) is 1.92. The fourth-order valence-corrected chi connectivity index (χ4v) is 1.92. The van der Waals surface area contributed by atoms with Crippen LogP contribution >= 0.6 is 0 Å². The van der Waals surface area contributed by atoms with E-state index in [4.69, 9.17) is 0 Å². The first kappa shape index (κ1) is 13.2. The van der Waals surface area contributed by atoms with Gasteiger partial charge in [0.1, 0.15) is 11.7 Å². The predicted molar refractivity (Wildman–Crippen MR) is 74.6 cm³/mol. The van der Waals surface area contributed by atoms with Crippen molar-refractivity contribution in [1.29, 1.82) is 5.26 Å². The van der Waals surface area contributed by atoms with E-state index in [-0.39, 0.29) is 5.41 Å². The van der Waals surface area contributed by atoms with Crippen molar-refractivity contribution < 1.29 is 0 Å². The van der Waals surface area contributed by atoms with E-state index >= 15 is 0 Å². The number of hydrogen-bond donors (Lipinski definition) is 0. The molecule has 0 aliphatic rings. The second kappa shape index (κ2) is 5.19. The molecule has 0 radical (unpaired) electrons. The van der Waals surface area contributed by atoms with E-state index in [1.165, 1.54) is 5.56 Å². The van der Waals surface area contributed by atoms with Crippen molar-refractivity contribution in [2.75, 3.05) is 0 Å². The molecule has 1 heterocycles. The standard InChI is InChI=1S/C16H17N3/c1-16(2,3)13-7-5-12(6-8-13)14(11-17)15-18-9-4-10-19-15/h4-10,14H,1-3H3. The minimum Gasteiger partial charge on any atom is -0.240 e. The zero-order valence-corrected chi connectivity index (χ0v) is 11.5. The number of aromatic nitrogens is 2. The maximum absolute atomic E-state index is 9.33. The molecule has 0 amide bonds. The molecular weight excluding hydrogens is 234 g/mol.